The number of rotatable bonds is 3. The van der Waals surface area contributed by atoms with Crippen molar-refractivity contribution in [1.82, 2.24) is 9.29 Å². The lowest BCUT2D eigenvalue weighted by molar-refractivity contribution is -0.0586. The molecule has 0 spiro atoms. The van der Waals surface area contributed by atoms with E-state index in [2.05, 4.69) is 10.4 Å². The Bertz CT molecular complexity index is 605. The van der Waals surface area contributed by atoms with E-state index in [1.54, 1.807) is 10.4 Å². The monoisotopic (exact) mass is 312 g/mol. The summed E-state index contributed by atoms with van der Waals surface area (Å²) in [6.45, 7) is 0.814. The smallest absolute Gasteiger partial charge is 0.247 e. The van der Waals surface area contributed by atoms with Crippen LogP contribution < -0.4 is 11.3 Å². The number of nitrogen functional groups attached to an aromatic ring is 1. The molecule has 1 saturated carbocycles. The van der Waals surface area contributed by atoms with Crippen molar-refractivity contribution in [2.24, 2.45) is 5.84 Å². The van der Waals surface area contributed by atoms with Gasteiger partial charge in [0.05, 0.1) is 18.8 Å². The molecule has 2 atom stereocenters. The van der Waals surface area contributed by atoms with Gasteiger partial charge in [0.15, 0.2) is 5.82 Å². The Hall–Kier alpha value is -1.22. The van der Waals surface area contributed by atoms with Crippen LogP contribution in [0.1, 0.15) is 25.7 Å². The summed E-state index contributed by atoms with van der Waals surface area (Å²) in [6, 6.07) is 3.06. The summed E-state index contributed by atoms with van der Waals surface area (Å²) in [7, 11) is -3.63. The summed E-state index contributed by atoms with van der Waals surface area (Å²) in [4.78, 5) is 4.11. The van der Waals surface area contributed by atoms with Gasteiger partial charge in [-0.05, 0) is 25.0 Å². The predicted octanol–water partition coefficient (Wildman–Crippen LogP) is 0.699. The lowest BCUT2D eigenvalue weighted by atomic mass is 9.91. The van der Waals surface area contributed by atoms with Crippen LogP contribution in [0.5, 0.6) is 0 Å². The molecule has 2 aliphatic rings. The highest BCUT2D eigenvalue weighted by Gasteiger charge is 2.41. The lowest BCUT2D eigenvalue weighted by Gasteiger charge is -2.42. The van der Waals surface area contributed by atoms with Crippen molar-refractivity contribution >= 4 is 15.8 Å². The van der Waals surface area contributed by atoms with E-state index in [0.29, 0.717) is 13.2 Å². The van der Waals surface area contributed by atoms with Gasteiger partial charge < -0.3 is 10.2 Å². The quantitative estimate of drug-likeness (QED) is 0.630. The van der Waals surface area contributed by atoms with Gasteiger partial charge in [0.2, 0.25) is 10.0 Å². The minimum atomic E-state index is -3.63. The van der Waals surface area contributed by atoms with Crippen LogP contribution in [-0.2, 0) is 14.8 Å². The highest BCUT2D eigenvalue weighted by molar-refractivity contribution is 7.89. The third kappa shape index (κ3) is 2.64. The van der Waals surface area contributed by atoms with Gasteiger partial charge in [-0.1, -0.05) is 12.8 Å². The van der Waals surface area contributed by atoms with Gasteiger partial charge in [-0.25, -0.2) is 19.2 Å². The summed E-state index contributed by atoms with van der Waals surface area (Å²) < 4.78 is 33.2. The van der Waals surface area contributed by atoms with Gasteiger partial charge in [0.1, 0.15) is 4.90 Å². The molecule has 116 valence electrons. The Morgan fingerprint density at radius 3 is 3.00 bits per heavy atom. The molecule has 8 heteroatoms. The first-order valence-corrected chi connectivity index (χ1v) is 8.63. The first kappa shape index (κ1) is 14.7. The molecule has 2 unspecified atom stereocenters. The number of nitrogens with two attached hydrogens (primary N) is 1. The number of morpholine rings is 1. The third-order valence-corrected chi connectivity index (χ3v) is 6.13. The molecular weight excluding hydrogens is 292 g/mol. The van der Waals surface area contributed by atoms with Crippen LogP contribution in [0.25, 0.3) is 0 Å². The fourth-order valence-electron chi connectivity index (χ4n) is 3.19. The Kier molecular flexibility index (Phi) is 4.12. The minimum absolute atomic E-state index is 0.00762. The van der Waals surface area contributed by atoms with E-state index in [4.69, 9.17) is 10.6 Å². The molecule has 0 bridgehead atoms. The van der Waals surface area contributed by atoms with Crippen molar-refractivity contribution in [3.8, 4) is 0 Å². The number of nitrogens with zero attached hydrogens (tertiary/aromatic N) is 2. The van der Waals surface area contributed by atoms with Crippen LogP contribution in [0, 0.1) is 0 Å². The van der Waals surface area contributed by atoms with E-state index in [0.717, 1.165) is 25.7 Å². The SMILES string of the molecule is NNc1ncccc1S(=O)(=O)N1CCOC2CCCCC21. The van der Waals surface area contributed by atoms with E-state index in [-0.39, 0.29) is 22.9 Å². The van der Waals surface area contributed by atoms with E-state index in [1.165, 1.54) is 12.3 Å². The van der Waals surface area contributed by atoms with E-state index in [9.17, 15) is 8.42 Å². The molecule has 1 aromatic rings. The minimum Gasteiger partial charge on any atom is -0.375 e. The number of hydrazine groups is 1. The van der Waals surface area contributed by atoms with Crippen LogP contribution >= 0.6 is 0 Å². The molecule has 1 saturated heterocycles. The first-order chi connectivity index (χ1) is 10.1. The molecule has 3 N–H and O–H groups in total. The maximum Gasteiger partial charge on any atom is 0.247 e. The Morgan fingerprint density at radius 2 is 2.19 bits per heavy atom. The summed E-state index contributed by atoms with van der Waals surface area (Å²) in [5.74, 6) is 5.57. The molecule has 7 nitrogen and oxygen atoms in total. The third-order valence-electron chi connectivity index (χ3n) is 4.18. The molecule has 1 aliphatic heterocycles. The number of aromatic nitrogens is 1. The van der Waals surface area contributed by atoms with Gasteiger partial charge >= 0.3 is 0 Å². The fraction of sp³-hybridized carbons (Fsp3) is 0.615. The van der Waals surface area contributed by atoms with Crippen molar-refractivity contribution in [3.05, 3.63) is 18.3 Å². The molecule has 1 aromatic heterocycles. The van der Waals surface area contributed by atoms with Gasteiger partial charge in [-0.3, -0.25) is 0 Å². The number of anilines is 1. The fourth-order valence-corrected chi connectivity index (χ4v) is 4.96. The van der Waals surface area contributed by atoms with Crippen LogP contribution in [0.2, 0.25) is 0 Å². The van der Waals surface area contributed by atoms with Crippen LogP contribution in [0.3, 0.4) is 0 Å². The molecule has 0 amide bonds. The maximum atomic E-state index is 13.0. The molecule has 1 aliphatic carbocycles. The molecule has 21 heavy (non-hydrogen) atoms. The Labute approximate surface area is 124 Å². The molecule has 2 fully saturated rings. The zero-order chi connectivity index (χ0) is 14.9. The summed E-state index contributed by atoms with van der Waals surface area (Å²) in [6.07, 6.45) is 5.41. The number of sulfonamides is 1. The first-order valence-electron chi connectivity index (χ1n) is 7.19. The molecule has 3 rings (SSSR count). The highest BCUT2D eigenvalue weighted by atomic mass is 32.2. The Balaban J connectivity index is 1.96. The number of pyridine rings is 1. The largest absolute Gasteiger partial charge is 0.375 e. The Morgan fingerprint density at radius 1 is 1.38 bits per heavy atom. The van der Waals surface area contributed by atoms with Crippen molar-refractivity contribution < 1.29 is 13.2 Å². The van der Waals surface area contributed by atoms with E-state index in [1.807, 2.05) is 0 Å². The zero-order valence-electron chi connectivity index (χ0n) is 11.7. The molecule has 2 heterocycles. The van der Waals surface area contributed by atoms with Crippen molar-refractivity contribution in [2.45, 2.75) is 42.7 Å². The van der Waals surface area contributed by atoms with Crippen LogP contribution in [0.15, 0.2) is 23.2 Å². The van der Waals surface area contributed by atoms with Crippen LogP contribution in [-0.4, -0.2) is 43.0 Å². The topological polar surface area (TPSA) is 97.5 Å². The summed E-state index contributed by atoms with van der Waals surface area (Å²) >= 11 is 0. The number of hydrogen-bond acceptors (Lipinski definition) is 6. The van der Waals surface area contributed by atoms with E-state index < -0.39 is 10.0 Å². The average Bonchev–Trinajstić information content (AvgIpc) is 2.54. The second-order valence-corrected chi connectivity index (χ2v) is 7.23. The summed E-state index contributed by atoms with van der Waals surface area (Å²) in [5.41, 5.74) is 2.36. The zero-order valence-corrected chi connectivity index (χ0v) is 12.6. The van der Waals surface area contributed by atoms with Gasteiger partial charge in [-0.2, -0.15) is 4.31 Å². The molecule has 0 radical (unpaired) electrons. The lowest BCUT2D eigenvalue weighted by Crippen LogP contribution is -2.54. The van der Waals surface area contributed by atoms with Crippen molar-refractivity contribution in [2.75, 3.05) is 18.6 Å². The van der Waals surface area contributed by atoms with Crippen molar-refractivity contribution in [3.63, 3.8) is 0 Å². The second kappa shape index (κ2) is 5.88. The van der Waals surface area contributed by atoms with Crippen molar-refractivity contribution in [1.29, 1.82) is 0 Å². The highest BCUT2D eigenvalue weighted by Crippen LogP contribution is 2.33. The number of ether oxygens (including phenoxy) is 1. The van der Waals surface area contributed by atoms with Gasteiger partial charge in [0, 0.05) is 12.7 Å². The summed E-state index contributed by atoms with van der Waals surface area (Å²) in [5, 5.41) is 0. The average molecular weight is 312 g/mol. The second-order valence-electron chi connectivity index (χ2n) is 5.37. The number of hydrogen-bond donors (Lipinski definition) is 2. The van der Waals surface area contributed by atoms with Crippen LogP contribution in [0.4, 0.5) is 5.82 Å². The molecule has 0 aromatic carbocycles. The maximum absolute atomic E-state index is 13.0. The normalized spacial score (nSPS) is 27.1. The van der Waals surface area contributed by atoms with Gasteiger partial charge in [0.25, 0.3) is 0 Å². The number of fused-ring (bicyclic) bond motifs is 1. The van der Waals surface area contributed by atoms with E-state index >= 15 is 0 Å². The molecular formula is C13H20N4O3S. The predicted molar refractivity (Wildman–Crippen MR) is 77.9 cm³/mol. The van der Waals surface area contributed by atoms with Gasteiger partial charge in [-0.15, -0.1) is 0 Å². The number of nitrogens with one attached hydrogen (secondary N) is 1. The standard InChI is InChI=1S/C13H20N4O3S/c14-16-13-12(6-3-7-15-13)21(18,19)17-8-9-20-11-5-2-1-4-10(11)17/h3,6-7,10-11H,1-2,4-5,8-9,14H2,(H,15,16).